The average molecular weight is 373 g/mol. The largest absolute Gasteiger partial charge is 0.440 e. The number of anilines is 1. The third-order valence-electron chi connectivity index (χ3n) is 4.11. The molecular weight excluding hydrogens is 354 g/mol. The molecule has 1 N–H and O–H groups in total. The molecular formula is C22H19N3O3. The Labute approximate surface area is 162 Å². The molecule has 140 valence electrons. The monoisotopic (exact) mass is 373 g/mol. The van der Waals surface area contributed by atoms with Gasteiger partial charge in [0, 0.05) is 29.4 Å². The Morgan fingerprint density at radius 1 is 1.07 bits per heavy atom. The molecule has 6 nitrogen and oxygen atoms in total. The predicted octanol–water partition coefficient (Wildman–Crippen LogP) is 5.39. The number of rotatable bonds is 5. The second kappa shape index (κ2) is 7.52. The summed E-state index contributed by atoms with van der Waals surface area (Å²) >= 11 is 0. The van der Waals surface area contributed by atoms with E-state index >= 15 is 0 Å². The van der Waals surface area contributed by atoms with E-state index < -0.39 is 0 Å². The minimum Gasteiger partial charge on any atom is -0.440 e. The molecule has 0 aliphatic carbocycles. The molecule has 6 heteroatoms. The van der Waals surface area contributed by atoms with E-state index in [1.807, 2.05) is 32.0 Å². The highest BCUT2D eigenvalue weighted by molar-refractivity contribution is 6.05. The molecule has 4 aromatic rings. The zero-order chi connectivity index (χ0) is 19.5. The first-order valence-corrected chi connectivity index (χ1v) is 8.99. The van der Waals surface area contributed by atoms with Crippen molar-refractivity contribution >= 4 is 22.7 Å². The number of nitrogens with one attached hydrogen (secondary N) is 1. The molecule has 2 heterocycles. The lowest BCUT2D eigenvalue weighted by Crippen LogP contribution is -2.11. The lowest BCUT2D eigenvalue weighted by molar-refractivity contribution is 0.102. The van der Waals surface area contributed by atoms with Gasteiger partial charge in [-0.05, 0) is 42.5 Å². The normalized spacial score (nSPS) is 11.0. The number of nitrogens with zero attached hydrogens (tertiary/aromatic N) is 2. The van der Waals surface area contributed by atoms with Crippen LogP contribution >= 0.6 is 0 Å². The van der Waals surface area contributed by atoms with Gasteiger partial charge in [-0.1, -0.05) is 26.0 Å². The van der Waals surface area contributed by atoms with Crippen LogP contribution < -0.4 is 10.1 Å². The number of amides is 1. The van der Waals surface area contributed by atoms with Gasteiger partial charge in [0.2, 0.25) is 5.88 Å². The predicted molar refractivity (Wildman–Crippen MR) is 107 cm³/mol. The van der Waals surface area contributed by atoms with Crippen LogP contribution in [0, 0.1) is 0 Å². The molecule has 4 rings (SSSR count). The number of oxazole rings is 1. The maximum atomic E-state index is 12.6. The highest BCUT2D eigenvalue weighted by atomic mass is 16.5. The van der Waals surface area contributed by atoms with E-state index in [9.17, 15) is 4.79 Å². The van der Waals surface area contributed by atoms with Crippen LogP contribution in [0.5, 0.6) is 11.6 Å². The van der Waals surface area contributed by atoms with Crippen molar-refractivity contribution in [3.05, 3.63) is 78.3 Å². The van der Waals surface area contributed by atoms with Gasteiger partial charge < -0.3 is 14.5 Å². The molecule has 0 spiro atoms. The maximum Gasteiger partial charge on any atom is 0.255 e. The van der Waals surface area contributed by atoms with Crippen LogP contribution in [0.15, 0.2) is 71.3 Å². The number of hydrogen-bond donors (Lipinski definition) is 1. The molecule has 0 unspecified atom stereocenters. The van der Waals surface area contributed by atoms with Crippen LogP contribution in [0.25, 0.3) is 11.1 Å². The molecule has 0 saturated carbocycles. The summed E-state index contributed by atoms with van der Waals surface area (Å²) in [5.74, 6) is 1.65. The zero-order valence-electron chi connectivity index (χ0n) is 15.5. The van der Waals surface area contributed by atoms with Gasteiger partial charge in [-0.3, -0.25) is 4.79 Å². The Hall–Kier alpha value is -3.67. The van der Waals surface area contributed by atoms with Crippen molar-refractivity contribution in [2.75, 3.05) is 5.32 Å². The van der Waals surface area contributed by atoms with Crippen molar-refractivity contribution in [3.63, 3.8) is 0 Å². The Morgan fingerprint density at radius 3 is 2.75 bits per heavy atom. The Balaban J connectivity index is 1.52. The number of benzene rings is 2. The quantitative estimate of drug-likeness (QED) is 0.507. The molecule has 0 aliphatic rings. The molecule has 0 fully saturated rings. The van der Waals surface area contributed by atoms with Crippen LogP contribution in [0.1, 0.15) is 36.0 Å². The third-order valence-corrected chi connectivity index (χ3v) is 4.11. The summed E-state index contributed by atoms with van der Waals surface area (Å²) in [5.41, 5.74) is 2.55. The van der Waals surface area contributed by atoms with E-state index in [2.05, 4.69) is 15.3 Å². The maximum absolute atomic E-state index is 12.6. The molecule has 0 bridgehead atoms. The van der Waals surface area contributed by atoms with Gasteiger partial charge in [0.05, 0.1) is 0 Å². The lowest BCUT2D eigenvalue weighted by Gasteiger charge is -2.08. The lowest BCUT2D eigenvalue weighted by atomic mass is 10.2. The molecule has 0 aliphatic heterocycles. The van der Waals surface area contributed by atoms with E-state index in [1.54, 1.807) is 48.7 Å². The fourth-order valence-electron chi connectivity index (χ4n) is 2.70. The van der Waals surface area contributed by atoms with Crippen LogP contribution in [0.3, 0.4) is 0 Å². The summed E-state index contributed by atoms with van der Waals surface area (Å²) in [5, 5.41) is 2.89. The molecule has 0 atom stereocenters. The van der Waals surface area contributed by atoms with Crippen molar-refractivity contribution in [1.29, 1.82) is 0 Å². The Kier molecular flexibility index (Phi) is 4.76. The topological polar surface area (TPSA) is 77.2 Å². The summed E-state index contributed by atoms with van der Waals surface area (Å²) in [6, 6.07) is 17.8. The molecule has 2 aromatic heterocycles. The summed E-state index contributed by atoms with van der Waals surface area (Å²) in [6.07, 6.45) is 1.65. The first kappa shape index (κ1) is 17.7. The van der Waals surface area contributed by atoms with Crippen LogP contribution in [-0.4, -0.2) is 15.9 Å². The number of hydrogen-bond acceptors (Lipinski definition) is 5. The average Bonchev–Trinajstić information content (AvgIpc) is 3.13. The van der Waals surface area contributed by atoms with Crippen LogP contribution in [0.4, 0.5) is 5.69 Å². The van der Waals surface area contributed by atoms with E-state index in [0.717, 1.165) is 0 Å². The van der Waals surface area contributed by atoms with Crippen LogP contribution in [0.2, 0.25) is 0 Å². The van der Waals surface area contributed by atoms with Crippen LogP contribution in [-0.2, 0) is 0 Å². The SMILES string of the molecule is CC(C)c1nc2cc(NC(=O)c3cccc(Oc4ccccn4)c3)ccc2o1. The first-order valence-electron chi connectivity index (χ1n) is 8.99. The number of aromatic nitrogens is 2. The number of carbonyl (C=O) groups excluding carboxylic acids is 1. The second-order valence-corrected chi connectivity index (χ2v) is 6.64. The van der Waals surface area contributed by atoms with E-state index in [-0.39, 0.29) is 11.8 Å². The molecule has 0 radical (unpaired) electrons. The molecule has 1 amide bonds. The first-order chi connectivity index (χ1) is 13.6. The minimum absolute atomic E-state index is 0.201. The number of fused-ring (bicyclic) bond motifs is 1. The van der Waals surface area contributed by atoms with Crippen molar-refractivity contribution in [2.24, 2.45) is 0 Å². The number of carbonyl (C=O) groups is 1. The van der Waals surface area contributed by atoms with Crippen molar-refractivity contribution in [3.8, 4) is 11.6 Å². The minimum atomic E-state index is -0.238. The van der Waals surface area contributed by atoms with Gasteiger partial charge in [0.15, 0.2) is 11.5 Å². The molecule has 28 heavy (non-hydrogen) atoms. The fourth-order valence-corrected chi connectivity index (χ4v) is 2.70. The van der Waals surface area contributed by atoms with Gasteiger partial charge in [0.25, 0.3) is 5.91 Å². The smallest absolute Gasteiger partial charge is 0.255 e. The summed E-state index contributed by atoms with van der Waals surface area (Å²) < 4.78 is 11.4. The molecule has 0 saturated heterocycles. The second-order valence-electron chi connectivity index (χ2n) is 6.64. The van der Waals surface area contributed by atoms with Gasteiger partial charge in [-0.25, -0.2) is 9.97 Å². The van der Waals surface area contributed by atoms with E-state index in [1.165, 1.54) is 0 Å². The van der Waals surface area contributed by atoms with Crippen molar-refractivity contribution in [1.82, 2.24) is 9.97 Å². The summed E-state index contributed by atoms with van der Waals surface area (Å²) in [4.78, 5) is 21.2. The summed E-state index contributed by atoms with van der Waals surface area (Å²) in [7, 11) is 0. The third kappa shape index (κ3) is 3.86. The highest BCUT2D eigenvalue weighted by Gasteiger charge is 2.12. The van der Waals surface area contributed by atoms with Crippen molar-refractivity contribution < 1.29 is 13.9 Å². The standard InChI is InChI=1S/C22H19N3O3/c1-14(2)22-25-18-13-16(9-10-19(18)28-22)24-21(26)15-6-5-7-17(12-15)27-20-8-3-4-11-23-20/h3-14H,1-2H3,(H,24,26). The Morgan fingerprint density at radius 2 is 1.96 bits per heavy atom. The molecule has 2 aromatic carbocycles. The number of ether oxygens (including phenoxy) is 1. The van der Waals surface area contributed by atoms with E-state index in [4.69, 9.17) is 9.15 Å². The highest BCUT2D eigenvalue weighted by Crippen LogP contribution is 2.25. The van der Waals surface area contributed by atoms with Gasteiger partial charge in [0.1, 0.15) is 11.3 Å². The zero-order valence-corrected chi connectivity index (χ0v) is 15.5. The fraction of sp³-hybridized carbons (Fsp3) is 0.136. The Bertz CT molecular complexity index is 1120. The number of pyridine rings is 1. The van der Waals surface area contributed by atoms with Gasteiger partial charge >= 0.3 is 0 Å². The van der Waals surface area contributed by atoms with E-state index in [0.29, 0.717) is 39.9 Å². The summed E-state index contributed by atoms with van der Waals surface area (Å²) in [6.45, 7) is 4.04. The van der Waals surface area contributed by atoms with Gasteiger partial charge in [-0.2, -0.15) is 0 Å². The van der Waals surface area contributed by atoms with Crippen molar-refractivity contribution in [2.45, 2.75) is 19.8 Å². The van der Waals surface area contributed by atoms with Gasteiger partial charge in [-0.15, -0.1) is 0 Å².